The molecule has 4 nitrogen and oxygen atoms in total. The van der Waals surface area contributed by atoms with Crippen LogP contribution in [-0.2, 0) is 6.54 Å². The van der Waals surface area contributed by atoms with E-state index in [2.05, 4.69) is 37.9 Å². The maximum Gasteiger partial charge on any atom is 0.408 e. The van der Waals surface area contributed by atoms with E-state index in [4.69, 9.17) is 0 Å². The topological polar surface area (TPSA) is 46.5 Å². The molecule has 94 valence electrons. The van der Waals surface area contributed by atoms with Crippen LogP contribution in [0.3, 0.4) is 0 Å². The minimum Gasteiger partial charge on any atom is -0.285 e. The van der Waals surface area contributed by atoms with Gasteiger partial charge in [-0.1, -0.05) is 0 Å². The molecule has 0 fully saturated rings. The minimum absolute atomic E-state index is 0.701. The van der Waals surface area contributed by atoms with Gasteiger partial charge < -0.3 is 0 Å². The minimum atomic E-state index is -4.19. The normalized spacial score (nSPS) is 10.9. The van der Waals surface area contributed by atoms with Gasteiger partial charge in [0.25, 0.3) is 0 Å². The van der Waals surface area contributed by atoms with Crippen LogP contribution in [0.1, 0.15) is 0 Å². The molecule has 0 aliphatic carbocycles. The van der Waals surface area contributed by atoms with Crippen molar-refractivity contribution in [1.29, 1.82) is 0 Å². The third kappa shape index (κ3) is 6.85. The molecule has 0 radical (unpaired) electrons. The van der Waals surface area contributed by atoms with E-state index in [0.717, 1.165) is 8.25 Å². The lowest BCUT2D eigenvalue weighted by molar-refractivity contribution is -0.142. The van der Waals surface area contributed by atoms with Gasteiger partial charge in [-0.15, -0.1) is 0 Å². The van der Waals surface area contributed by atoms with E-state index >= 15 is 0 Å². The molecule has 0 unspecified atom stereocenters. The second kappa shape index (κ2) is 6.56. The first-order valence-electron chi connectivity index (χ1n) is 4.26. The van der Waals surface area contributed by atoms with Crippen LogP contribution >= 0.6 is 45.2 Å². The van der Waals surface area contributed by atoms with E-state index < -0.39 is 12.7 Å². The SMILES string of the molecule is FC(F)(F)Cn1cc(I)cn1.Ic1cn[nH]c1. The third-order valence-corrected chi connectivity index (χ3v) is 2.55. The molecule has 0 aliphatic heterocycles. The van der Waals surface area contributed by atoms with Crippen molar-refractivity contribution in [3.05, 3.63) is 31.9 Å². The summed E-state index contributed by atoms with van der Waals surface area (Å²) in [6.45, 7) is -1.02. The highest BCUT2D eigenvalue weighted by molar-refractivity contribution is 14.1. The average Bonchev–Trinajstić information content (AvgIpc) is 2.76. The number of alkyl halides is 3. The molecule has 0 aliphatic rings. The van der Waals surface area contributed by atoms with Crippen molar-refractivity contribution >= 4 is 45.2 Å². The molecule has 0 spiro atoms. The molecule has 2 aromatic rings. The van der Waals surface area contributed by atoms with Crippen LogP contribution in [-0.4, -0.2) is 26.2 Å². The average molecular weight is 470 g/mol. The molecular formula is C8H7F3I2N4. The predicted molar refractivity (Wildman–Crippen MR) is 72.3 cm³/mol. The molecule has 2 rings (SSSR count). The zero-order valence-electron chi connectivity index (χ0n) is 8.25. The fraction of sp³-hybridized carbons (Fsp3) is 0.250. The Kier molecular flexibility index (Phi) is 5.69. The van der Waals surface area contributed by atoms with Gasteiger partial charge in [0.05, 0.1) is 19.5 Å². The van der Waals surface area contributed by atoms with E-state index in [1.807, 2.05) is 28.8 Å². The van der Waals surface area contributed by atoms with Gasteiger partial charge in [0.2, 0.25) is 0 Å². The van der Waals surface area contributed by atoms with Gasteiger partial charge in [-0.05, 0) is 45.2 Å². The van der Waals surface area contributed by atoms with E-state index in [1.54, 1.807) is 6.20 Å². The van der Waals surface area contributed by atoms with Crippen molar-refractivity contribution in [3.63, 3.8) is 0 Å². The van der Waals surface area contributed by atoms with Crippen LogP contribution in [0.15, 0.2) is 24.8 Å². The van der Waals surface area contributed by atoms with Gasteiger partial charge >= 0.3 is 6.18 Å². The number of hydrogen-bond donors (Lipinski definition) is 1. The molecular weight excluding hydrogens is 463 g/mol. The Balaban J connectivity index is 0.000000202. The molecule has 0 atom stereocenters. The Labute approximate surface area is 122 Å². The fourth-order valence-electron chi connectivity index (χ4n) is 0.844. The summed E-state index contributed by atoms with van der Waals surface area (Å²) in [6.07, 6.45) is 2.14. The number of nitrogens with zero attached hydrogens (tertiary/aromatic N) is 3. The lowest BCUT2D eigenvalue weighted by Crippen LogP contribution is -2.17. The lowest BCUT2D eigenvalue weighted by Gasteiger charge is -2.04. The van der Waals surface area contributed by atoms with E-state index in [0.29, 0.717) is 3.57 Å². The maximum absolute atomic E-state index is 11.7. The van der Waals surface area contributed by atoms with Crippen LogP contribution in [0.2, 0.25) is 0 Å². The highest BCUT2D eigenvalue weighted by atomic mass is 127. The van der Waals surface area contributed by atoms with Crippen LogP contribution < -0.4 is 0 Å². The predicted octanol–water partition coefficient (Wildman–Crippen LogP) is 3.06. The van der Waals surface area contributed by atoms with Crippen LogP contribution in [0.25, 0.3) is 0 Å². The molecule has 0 amide bonds. The van der Waals surface area contributed by atoms with Gasteiger partial charge in [-0.2, -0.15) is 23.4 Å². The maximum atomic E-state index is 11.7. The first kappa shape index (κ1) is 14.7. The number of H-pyrrole nitrogens is 1. The summed E-state index contributed by atoms with van der Waals surface area (Å²) in [4.78, 5) is 0. The number of hydrogen-bond acceptors (Lipinski definition) is 2. The number of nitrogens with one attached hydrogen (secondary N) is 1. The van der Waals surface area contributed by atoms with Crippen LogP contribution in [0.4, 0.5) is 13.2 Å². The Morgan fingerprint density at radius 2 is 1.94 bits per heavy atom. The second-order valence-electron chi connectivity index (χ2n) is 2.89. The van der Waals surface area contributed by atoms with Crippen molar-refractivity contribution in [2.45, 2.75) is 12.7 Å². The summed E-state index contributed by atoms with van der Waals surface area (Å²) in [5, 5.41) is 9.85. The van der Waals surface area contributed by atoms with Gasteiger partial charge in [0.15, 0.2) is 0 Å². The molecule has 2 heterocycles. The Hall–Kier alpha value is -0.330. The highest BCUT2D eigenvalue weighted by Gasteiger charge is 2.28. The number of halogens is 5. The molecule has 9 heteroatoms. The largest absolute Gasteiger partial charge is 0.408 e. The molecule has 0 saturated heterocycles. The summed E-state index contributed by atoms with van der Waals surface area (Å²) in [7, 11) is 0. The van der Waals surface area contributed by atoms with Gasteiger partial charge in [0.1, 0.15) is 6.54 Å². The molecule has 1 N–H and O–H groups in total. The van der Waals surface area contributed by atoms with E-state index in [1.165, 1.54) is 12.4 Å². The van der Waals surface area contributed by atoms with Crippen LogP contribution in [0, 0.1) is 7.14 Å². The Bertz CT molecular complexity index is 438. The molecule has 17 heavy (non-hydrogen) atoms. The van der Waals surface area contributed by atoms with Gasteiger partial charge in [-0.3, -0.25) is 9.78 Å². The monoisotopic (exact) mass is 470 g/mol. The second-order valence-corrected chi connectivity index (χ2v) is 5.38. The van der Waals surface area contributed by atoms with Crippen molar-refractivity contribution in [2.75, 3.05) is 0 Å². The Morgan fingerprint density at radius 3 is 2.24 bits per heavy atom. The zero-order chi connectivity index (χ0) is 12.9. The van der Waals surface area contributed by atoms with Gasteiger partial charge in [-0.25, -0.2) is 0 Å². The van der Waals surface area contributed by atoms with Crippen molar-refractivity contribution in [1.82, 2.24) is 20.0 Å². The van der Waals surface area contributed by atoms with Crippen molar-refractivity contribution in [2.24, 2.45) is 0 Å². The Morgan fingerprint density at radius 1 is 1.24 bits per heavy atom. The number of aromatic amines is 1. The van der Waals surface area contributed by atoms with Crippen molar-refractivity contribution < 1.29 is 13.2 Å². The summed E-state index contributed by atoms with van der Waals surface area (Å²) in [5.74, 6) is 0. The van der Waals surface area contributed by atoms with Gasteiger partial charge in [0, 0.05) is 12.4 Å². The molecule has 2 aromatic heterocycles. The quantitative estimate of drug-likeness (QED) is 0.652. The molecule has 0 saturated carbocycles. The lowest BCUT2D eigenvalue weighted by atomic mass is 10.6. The standard InChI is InChI=1S/C5H4F3IN2.C3H3IN2/c6-5(7,8)3-11-2-4(9)1-10-11;4-3-1-5-6-2-3/h1-2H,3H2;1-2H,(H,5,6). The smallest absolute Gasteiger partial charge is 0.285 e. The fourth-order valence-corrected chi connectivity index (χ4v) is 1.57. The zero-order valence-corrected chi connectivity index (χ0v) is 12.6. The summed E-state index contributed by atoms with van der Waals surface area (Å²) in [5.41, 5.74) is 0. The number of rotatable bonds is 1. The number of aromatic nitrogens is 4. The van der Waals surface area contributed by atoms with Crippen molar-refractivity contribution in [3.8, 4) is 0 Å². The van der Waals surface area contributed by atoms with Crippen LogP contribution in [0.5, 0.6) is 0 Å². The van der Waals surface area contributed by atoms with E-state index in [9.17, 15) is 13.2 Å². The summed E-state index contributed by atoms with van der Waals surface area (Å²) >= 11 is 4.08. The third-order valence-electron chi connectivity index (χ3n) is 1.41. The first-order chi connectivity index (χ1) is 7.87. The molecule has 0 aromatic carbocycles. The first-order valence-corrected chi connectivity index (χ1v) is 6.41. The summed E-state index contributed by atoms with van der Waals surface area (Å²) < 4.78 is 37.8. The molecule has 0 bridgehead atoms. The van der Waals surface area contributed by atoms with E-state index in [-0.39, 0.29) is 0 Å². The highest BCUT2D eigenvalue weighted by Crippen LogP contribution is 2.17. The summed E-state index contributed by atoms with van der Waals surface area (Å²) in [6, 6.07) is 0.